The van der Waals surface area contributed by atoms with Crippen molar-refractivity contribution >= 4 is 33.4 Å². The van der Waals surface area contributed by atoms with Gasteiger partial charge >= 0.3 is 5.97 Å². The molecule has 0 unspecified atom stereocenters. The van der Waals surface area contributed by atoms with Gasteiger partial charge in [-0.1, -0.05) is 18.2 Å². The second kappa shape index (κ2) is 9.12. The standard InChI is InChI=1S/C20H24N4O5S/c1-22(30(2,27)28)17-8-4-3-7-16(17)20(26)29-15-19(25)24-13-11-23(12-14-24)18-9-5-6-10-21-18/h3-10H,11-15H2,1-2H3. The largest absolute Gasteiger partial charge is 0.452 e. The molecule has 2 aromatic rings. The number of rotatable bonds is 6. The maximum absolute atomic E-state index is 12.5. The average molecular weight is 433 g/mol. The first-order valence-electron chi connectivity index (χ1n) is 9.41. The van der Waals surface area contributed by atoms with Crippen molar-refractivity contribution in [2.45, 2.75) is 0 Å². The quantitative estimate of drug-likeness (QED) is 0.628. The van der Waals surface area contributed by atoms with E-state index in [2.05, 4.69) is 9.88 Å². The summed E-state index contributed by atoms with van der Waals surface area (Å²) in [5.41, 5.74) is 0.277. The number of ether oxygens (including phenoxy) is 1. The lowest BCUT2D eigenvalue weighted by Gasteiger charge is -2.35. The molecule has 1 aliphatic heterocycles. The van der Waals surface area contributed by atoms with Crippen molar-refractivity contribution < 1.29 is 22.7 Å². The molecule has 160 valence electrons. The van der Waals surface area contributed by atoms with E-state index in [1.54, 1.807) is 23.2 Å². The van der Waals surface area contributed by atoms with Gasteiger partial charge in [0.25, 0.3) is 5.91 Å². The van der Waals surface area contributed by atoms with Gasteiger partial charge in [0.05, 0.1) is 17.5 Å². The number of carbonyl (C=O) groups excluding carboxylic acids is 2. The number of sulfonamides is 1. The summed E-state index contributed by atoms with van der Waals surface area (Å²) in [5, 5.41) is 0. The van der Waals surface area contributed by atoms with Crippen LogP contribution in [-0.2, 0) is 19.6 Å². The normalized spacial score (nSPS) is 14.3. The number of carbonyl (C=O) groups is 2. The van der Waals surface area contributed by atoms with E-state index in [0.717, 1.165) is 16.4 Å². The van der Waals surface area contributed by atoms with Crippen LogP contribution in [0.15, 0.2) is 48.7 Å². The molecular formula is C20H24N4O5S. The Morgan fingerprint density at radius 1 is 1.07 bits per heavy atom. The molecule has 2 heterocycles. The van der Waals surface area contributed by atoms with Gasteiger partial charge in [-0.05, 0) is 24.3 Å². The monoisotopic (exact) mass is 432 g/mol. The fraction of sp³-hybridized carbons (Fsp3) is 0.350. The summed E-state index contributed by atoms with van der Waals surface area (Å²) >= 11 is 0. The van der Waals surface area contributed by atoms with Gasteiger partial charge < -0.3 is 14.5 Å². The molecular weight excluding hydrogens is 408 g/mol. The lowest BCUT2D eigenvalue weighted by molar-refractivity contribution is -0.134. The zero-order valence-electron chi connectivity index (χ0n) is 16.9. The van der Waals surface area contributed by atoms with E-state index < -0.39 is 22.6 Å². The molecule has 3 rings (SSSR count). The molecule has 0 aliphatic carbocycles. The van der Waals surface area contributed by atoms with Crippen LogP contribution >= 0.6 is 0 Å². The minimum atomic E-state index is -3.55. The third kappa shape index (κ3) is 5.07. The highest BCUT2D eigenvalue weighted by atomic mass is 32.2. The number of benzene rings is 1. The van der Waals surface area contributed by atoms with Gasteiger partial charge in [-0.25, -0.2) is 18.2 Å². The van der Waals surface area contributed by atoms with Gasteiger partial charge in [-0.2, -0.15) is 0 Å². The topological polar surface area (TPSA) is 100 Å². The van der Waals surface area contributed by atoms with E-state index in [4.69, 9.17) is 4.74 Å². The van der Waals surface area contributed by atoms with Gasteiger partial charge in [0.1, 0.15) is 5.82 Å². The van der Waals surface area contributed by atoms with Crippen molar-refractivity contribution in [1.29, 1.82) is 0 Å². The van der Waals surface area contributed by atoms with Gasteiger partial charge in [-0.3, -0.25) is 9.10 Å². The highest BCUT2D eigenvalue weighted by Gasteiger charge is 2.24. The first-order valence-corrected chi connectivity index (χ1v) is 11.3. The Hall–Kier alpha value is -3.14. The van der Waals surface area contributed by atoms with E-state index in [9.17, 15) is 18.0 Å². The minimum Gasteiger partial charge on any atom is -0.452 e. The first-order chi connectivity index (χ1) is 14.3. The third-order valence-corrected chi connectivity index (χ3v) is 6.08. The van der Waals surface area contributed by atoms with Crippen LogP contribution in [0.3, 0.4) is 0 Å². The molecule has 0 bridgehead atoms. The SMILES string of the molecule is CN(c1ccccc1C(=O)OCC(=O)N1CCN(c2ccccn2)CC1)S(C)(=O)=O. The maximum atomic E-state index is 12.5. The molecule has 1 fully saturated rings. The Morgan fingerprint density at radius 2 is 1.73 bits per heavy atom. The van der Waals surface area contributed by atoms with Crippen molar-refractivity contribution in [3.05, 3.63) is 54.2 Å². The van der Waals surface area contributed by atoms with Crippen LogP contribution in [0.2, 0.25) is 0 Å². The van der Waals surface area contributed by atoms with Gasteiger partial charge in [0, 0.05) is 39.4 Å². The van der Waals surface area contributed by atoms with Gasteiger partial charge in [-0.15, -0.1) is 0 Å². The Balaban J connectivity index is 1.57. The van der Waals surface area contributed by atoms with E-state index in [-0.39, 0.29) is 17.2 Å². The van der Waals surface area contributed by atoms with E-state index in [1.165, 1.54) is 19.2 Å². The Labute approximate surface area is 175 Å². The molecule has 0 atom stereocenters. The lowest BCUT2D eigenvalue weighted by atomic mass is 10.2. The van der Waals surface area contributed by atoms with E-state index in [0.29, 0.717) is 26.2 Å². The molecule has 30 heavy (non-hydrogen) atoms. The Bertz CT molecular complexity index is 1000. The fourth-order valence-corrected chi connectivity index (χ4v) is 3.64. The number of hydrogen-bond donors (Lipinski definition) is 0. The van der Waals surface area contributed by atoms with Crippen molar-refractivity contribution in [1.82, 2.24) is 9.88 Å². The molecule has 0 radical (unpaired) electrons. The summed E-state index contributed by atoms with van der Waals surface area (Å²) in [6.45, 7) is 1.87. The molecule has 0 N–H and O–H groups in total. The van der Waals surface area contributed by atoms with Crippen molar-refractivity contribution in [2.24, 2.45) is 0 Å². The highest BCUT2D eigenvalue weighted by Crippen LogP contribution is 2.22. The van der Waals surface area contributed by atoms with Crippen LogP contribution in [0.1, 0.15) is 10.4 Å². The predicted octanol–water partition coefficient (Wildman–Crippen LogP) is 0.983. The van der Waals surface area contributed by atoms with Crippen LogP contribution < -0.4 is 9.21 Å². The Kier molecular flexibility index (Phi) is 6.56. The van der Waals surface area contributed by atoms with Crippen LogP contribution in [0.4, 0.5) is 11.5 Å². The van der Waals surface area contributed by atoms with E-state index in [1.807, 2.05) is 18.2 Å². The molecule has 1 aromatic carbocycles. The van der Waals surface area contributed by atoms with Crippen molar-refractivity contribution in [2.75, 3.05) is 55.3 Å². The number of nitrogens with zero attached hydrogens (tertiary/aromatic N) is 4. The Morgan fingerprint density at radius 3 is 2.37 bits per heavy atom. The highest BCUT2D eigenvalue weighted by molar-refractivity contribution is 7.92. The summed E-state index contributed by atoms with van der Waals surface area (Å²) in [4.78, 5) is 33.0. The number of hydrogen-bond acceptors (Lipinski definition) is 7. The number of para-hydroxylation sites is 1. The number of esters is 1. The number of anilines is 2. The molecule has 9 nitrogen and oxygen atoms in total. The molecule has 1 aromatic heterocycles. The molecule has 0 saturated carbocycles. The van der Waals surface area contributed by atoms with Gasteiger partial charge in [0.15, 0.2) is 6.61 Å². The summed E-state index contributed by atoms with van der Waals surface area (Å²) in [7, 11) is -2.19. The van der Waals surface area contributed by atoms with Crippen molar-refractivity contribution in [3.63, 3.8) is 0 Å². The van der Waals surface area contributed by atoms with E-state index >= 15 is 0 Å². The van der Waals surface area contributed by atoms with Crippen LogP contribution in [0.5, 0.6) is 0 Å². The second-order valence-electron chi connectivity index (χ2n) is 6.88. The zero-order chi connectivity index (χ0) is 21.7. The summed E-state index contributed by atoms with van der Waals surface area (Å²) in [6.07, 6.45) is 2.77. The van der Waals surface area contributed by atoms with Crippen LogP contribution in [0.25, 0.3) is 0 Å². The summed E-state index contributed by atoms with van der Waals surface area (Å²) in [6, 6.07) is 11.9. The maximum Gasteiger partial charge on any atom is 0.340 e. The second-order valence-corrected chi connectivity index (χ2v) is 8.89. The van der Waals surface area contributed by atoms with Crippen LogP contribution in [-0.4, -0.2) is 76.3 Å². The number of aromatic nitrogens is 1. The fourth-order valence-electron chi connectivity index (χ4n) is 3.12. The molecule has 1 saturated heterocycles. The van der Waals surface area contributed by atoms with Gasteiger partial charge in [0.2, 0.25) is 10.0 Å². The minimum absolute atomic E-state index is 0.0817. The summed E-state index contributed by atoms with van der Waals surface area (Å²) in [5.74, 6) is -0.179. The molecule has 0 spiro atoms. The number of pyridine rings is 1. The smallest absolute Gasteiger partial charge is 0.340 e. The third-order valence-electron chi connectivity index (χ3n) is 4.89. The predicted molar refractivity (Wildman–Crippen MR) is 113 cm³/mol. The summed E-state index contributed by atoms with van der Waals surface area (Å²) < 4.78 is 29.8. The van der Waals surface area contributed by atoms with Crippen molar-refractivity contribution in [3.8, 4) is 0 Å². The first kappa shape index (κ1) is 21.6. The zero-order valence-corrected chi connectivity index (χ0v) is 17.7. The number of piperazine rings is 1. The number of amides is 1. The van der Waals surface area contributed by atoms with Crippen LogP contribution in [0, 0.1) is 0 Å². The molecule has 1 amide bonds. The average Bonchev–Trinajstić information content (AvgIpc) is 2.76. The lowest BCUT2D eigenvalue weighted by Crippen LogP contribution is -2.50. The molecule has 10 heteroatoms. The molecule has 1 aliphatic rings.